The molecule has 106 valence electrons. The second-order valence-corrected chi connectivity index (χ2v) is 4.95. The van der Waals surface area contributed by atoms with Crippen molar-refractivity contribution < 1.29 is 14.4 Å². The van der Waals surface area contributed by atoms with Crippen LogP contribution in [-0.4, -0.2) is 17.3 Å². The number of hydrogen-bond donors (Lipinski definition) is 0. The summed E-state index contributed by atoms with van der Waals surface area (Å²) in [5.41, 5.74) is 2.36. The van der Waals surface area contributed by atoms with E-state index in [1.165, 1.54) is 20.8 Å². The molecule has 0 N–H and O–H groups in total. The highest BCUT2D eigenvalue weighted by Crippen LogP contribution is 2.29. The molecule has 0 atom stereocenters. The molecule has 2 aromatic carbocycles. The van der Waals surface area contributed by atoms with Crippen molar-refractivity contribution in [1.29, 1.82) is 0 Å². The maximum Gasteiger partial charge on any atom is 0.161 e. The lowest BCUT2D eigenvalue weighted by atomic mass is 9.87. The minimum Gasteiger partial charge on any atom is -0.294 e. The van der Waals surface area contributed by atoms with Crippen molar-refractivity contribution in [3.8, 4) is 11.1 Å². The van der Waals surface area contributed by atoms with Crippen molar-refractivity contribution in [2.24, 2.45) is 0 Å². The molecule has 0 amide bonds. The van der Waals surface area contributed by atoms with Gasteiger partial charge in [-0.25, -0.2) is 0 Å². The van der Waals surface area contributed by atoms with E-state index in [9.17, 15) is 14.4 Å². The van der Waals surface area contributed by atoms with Crippen LogP contribution in [0.15, 0.2) is 42.5 Å². The molecule has 0 saturated heterocycles. The predicted octanol–water partition coefficient (Wildman–Crippen LogP) is 3.96. The fourth-order valence-corrected chi connectivity index (χ4v) is 2.49. The molecule has 0 radical (unpaired) electrons. The summed E-state index contributed by atoms with van der Waals surface area (Å²) >= 11 is 0. The lowest BCUT2D eigenvalue weighted by Gasteiger charge is -2.14. The van der Waals surface area contributed by atoms with Crippen LogP contribution >= 0.6 is 0 Å². The van der Waals surface area contributed by atoms with Gasteiger partial charge in [0.15, 0.2) is 17.3 Å². The third kappa shape index (κ3) is 2.82. The molecule has 0 spiro atoms. The molecule has 21 heavy (non-hydrogen) atoms. The Bertz CT molecular complexity index is 728. The van der Waals surface area contributed by atoms with E-state index in [1.54, 1.807) is 12.1 Å². The highest BCUT2D eigenvalue weighted by molar-refractivity contribution is 6.17. The highest BCUT2D eigenvalue weighted by atomic mass is 16.1. The zero-order valence-electron chi connectivity index (χ0n) is 12.3. The van der Waals surface area contributed by atoms with Crippen LogP contribution in [0, 0.1) is 0 Å². The van der Waals surface area contributed by atoms with Gasteiger partial charge in [-0.1, -0.05) is 42.5 Å². The van der Waals surface area contributed by atoms with E-state index in [0.29, 0.717) is 16.7 Å². The number of benzene rings is 2. The van der Waals surface area contributed by atoms with E-state index in [1.807, 2.05) is 30.3 Å². The molecule has 0 aliphatic rings. The van der Waals surface area contributed by atoms with Crippen LogP contribution in [0.1, 0.15) is 51.8 Å². The molecular weight excluding hydrogens is 264 g/mol. The van der Waals surface area contributed by atoms with Gasteiger partial charge in [0.2, 0.25) is 0 Å². The summed E-state index contributed by atoms with van der Waals surface area (Å²) in [5, 5.41) is 0. The molecule has 2 rings (SSSR count). The maximum absolute atomic E-state index is 12.1. The van der Waals surface area contributed by atoms with Crippen LogP contribution in [0.5, 0.6) is 0 Å². The van der Waals surface area contributed by atoms with Crippen molar-refractivity contribution in [2.45, 2.75) is 20.8 Å². The quantitative estimate of drug-likeness (QED) is 0.796. The number of rotatable bonds is 4. The summed E-state index contributed by atoms with van der Waals surface area (Å²) in [5.74, 6) is -0.715. The van der Waals surface area contributed by atoms with Crippen molar-refractivity contribution in [3.63, 3.8) is 0 Å². The Kier molecular flexibility index (Phi) is 4.13. The third-order valence-corrected chi connectivity index (χ3v) is 3.37. The molecule has 0 heterocycles. The first-order valence-electron chi connectivity index (χ1n) is 6.68. The lowest BCUT2D eigenvalue weighted by molar-refractivity contribution is 0.0968. The van der Waals surface area contributed by atoms with Gasteiger partial charge in [0.1, 0.15) is 0 Å². The Morgan fingerprint density at radius 2 is 1.24 bits per heavy atom. The van der Waals surface area contributed by atoms with Crippen molar-refractivity contribution in [1.82, 2.24) is 0 Å². The van der Waals surface area contributed by atoms with Gasteiger partial charge in [-0.15, -0.1) is 0 Å². The van der Waals surface area contributed by atoms with Crippen LogP contribution in [-0.2, 0) is 0 Å². The van der Waals surface area contributed by atoms with Crippen LogP contribution in [0.3, 0.4) is 0 Å². The first-order chi connectivity index (χ1) is 9.93. The first-order valence-corrected chi connectivity index (χ1v) is 6.68. The fourth-order valence-electron chi connectivity index (χ4n) is 2.49. The average molecular weight is 280 g/mol. The Hall–Kier alpha value is -2.55. The van der Waals surface area contributed by atoms with Crippen LogP contribution in [0.2, 0.25) is 0 Å². The van der Waals surface area contributed by atoms with Crippen LogP contribution in [0.25, 0.3) is 11.1 Å². The number of Topliss-reactive ketones (excluding diaryl/α,β-unsaturated/α-hetero) is 3. The van der Waals surface area contributed by atoms with Gasteiger partial charge in [-0.05, 0) is 31.9 Å². The highest BCUT2D eigenvalue weighted by Gasteiger charge is 2.22. The molecule has 0 aliphatic heterocycles. The molecule has 0 aromatic heterocycles. The summed E-state index contributed by atoms with van der Waals surface area (Å²) in [6.07, 6.45) is 0. The van der Waals surface area contributed by atoms with E-state index in [0.717, 1.165) is 5.56 Å². The van der Waals surface area contributed by atoms with Crippen molar-refractivity contribution >= 4 is 17.3 Å². The standard InChI is InChI=1S/C18H16O3/c1-11(19)15-9-10-16(14-7-5-4-6-8-14)18(13(3)21)17(15)12(2)20/h4-10H,1-3H3. The third-order valence-electron chi connectivity index (χ3n) is 3.37. The summed E-state index contributed by atoms with van der Waals surface area (Å²) in [7, 11) is 0. The Balaban J connectivity index is 2.86. The van der Waals surface area contributed by atoms with E-state index in [4.69, 9.17) is 0 Å². The second-order valence-electron chi connectivity index (χ2n) is 4.95. The van der Waals surface area contributed by atoms with Crippen molar-refractivity contribution in [3.05, 3.63) is 59.2 Å². The largest absolute Gasteiger partial charge is 0.294 e. The van der Waals surface area contributed by atoms with Gasteiger partial charge in [0, 0.05) is 16.7 Å². The van der Waals surface area contributed by atoms with Gasteiger partial charge >= 0.3 is 0 Å². The Labute approximate surface area is 123 Å². The first kappa shape index (κ1) is 14.9. The zero-order valence-corrected chi connectivity index (χ0v) is 12.3. The number of ketones is 3. The minimum absolute atomic E-state index is 0.219. The number of hydrogen-bond acceptors (Lipinski definition) is 3. The van der Waals surface area contributed by atoms with Gasteiger partial charge in [-0.2, -0.15) is 0 Å². The summed E-state index contributed by atoms with van der Waals surface area (Å²) in [6.45, 7) is 4.19. The van der Waals surface area contributed by atoms with E-state index in [2.05, 4.69) is 0 Å². The minimum atomic E-state index is -0.275. The molecule has 0 fully saturated rings. The van der Waals surface area contributed by atoms with E-state index >= 15 is 0 Å². The smallest absolute Gasteiger partial charge is 0.161 e. The summed E-state index contributed by atoms with van der Waals surface area (Å²) < 4.78 is 0. The van der Waals surface area contributed by atoms with Gasteiger partial charge in [0.05, 0.1) is 0 Å². The number of carbonyl (C=O) groups excluding carboxylic acids is 3. The molecule has 0 bridgehead atoms. The fraction of sp³-hybridized carbons (Fsp3) is 0.167. The van der Waals surface area contributed by atoms with Gasteiger partial charge in [0.25, 0.3) is 0 Å². The Morgan fingerprint density at radius 1 is 0.667 bits per heavy atom. The molecule has 0 unspecified atom stereocenters. The van der Waals surface area contributed by atoms with Crippen molar-refractivity contribution in [2.75, 3.05) is 0 Å². The normalized spacial score (nSPS) is 10.2. The monoisotopic (exact) mass is 280 g/mol. The molecule has 0 aliphatic carbocycles. The van der Waals surface area contributed by atoms with E-state index < -0.39 is 0 Å². The molecule has 0 saturated carbocycles. The molecular formula is C18H16O3. The topological polar surface area (TPSA) is 51.2 Å². The van der Waals surface area contributed by atoms with E-state index in [-0.39, 0.29) is 22.9 Å². The summed E-state index contributed by atoms with van der Waals surface area (Å²) in [4.78, 5) is 35.8. The lowest BCUT2D eigenvalue weighted by Crippen LogP contribution is -2.12. The zero-order chi connectivity index (χ0) is 15.6. The average Bonchev–Trinajstić information content (AvgIpc) is 2.46. The second kappa shape index (κ2) is 5.83. The SMILES string of the molecule is CC(=O)c1ccc(-c2ccccc2)c(C(C)=O)c1C(C)=O. The molecule has 3 heteroatoms. The van der Waals surface area contributed by atoms with Crippen LogP contribution < -0.4 is 0 Å². The van der Waals surface area contributed by atoms with Gasteiger partial charge in [-0.3, -0.25) is 14.4 Å². The van der Waals surface area contributed by atoms with Gasteiger partial charge < -0.3 is 0 Å². The predicted molar refractivity (Wildman–Crippen MR) is 81.9 cm³/mol. The molecule has 2 aromatic rings. The number of carbonyl (C=O) groups is 3. The summed E-state index contributed by atoms with van der Waals surface area (Å²) in [6, 6.07) is 12.7. The maximum atomic E-state index is 12.1. The Morgan fingerprint density at radius 3 is 1.71 bits per heavy atom. The van der Waals surface area contributed by atoms with Crippen LogP contribution in [0.4, 0.5) is 0 Å². The molecule has 3 nitrogen and oxygen atoms in total.